The van der Waals surface area contributed by atoms with E-state index in [-0.39, 0.29) is 5.41 Å². The first-order valence-corrected chi connectivity index (χ1v) is 7.15. The Balaban J connectivity index is 2.13. The molecule has 0 aliphatic rings. The summed E-state index contributed by atoms with van der Waals surface area (Å²) in [5.41, 5.74) is 8.57. The molecular formula is C14H16BrN5. The number of aromatic nitrogens is 4. The van der Waals surface area contributed by atoms with Crippen LogP contribution in [0.1, 0.15) is 26.6 Å². The van der Waals surface area contributed by atoms with E-state index in [1.54, 1.807) is 0 Å². The lowest BCUT2D eigenvalue weighted by atomic mass is 9.96. The quantitative estimate of drug-likeness (QED) is 0.636. The second-order valence-corrected chi connectivity index (χ2v) is 6.66. The van der Waals surface area contributed by atoms with Gasteiger partial charge in [0.1, 0.15) is 16.1 Å². The molecular weight excluding hydrogens is 318 g/mol. The minimum atomic E-state index is -0.0245. The highest BCUT2D eigenvalue weighted by Gasteiger charge is 2.21. The zero-order valence-electron chi connectivity index (χ0n) is 11.6. The number of imidazole rings is 1. The number of hydrogen-bond acceptors (Lipinski definition) is 3. The van der Waals surface area contributed by atoms with Crippen LogP contribution < -0.4 is 5.73 Å². The molecule has 20 heavy (non-hydrogen) atoms. The van der Waals surface area contributed by atoms with Crippen LogP contribution in [0.4, 0.5) is 5.82 Å². The van der Waals surface area contributed by atoms with E-state index in [0.717, 1.165) is 32.6 Å². The van der Waals surface area contributed by atoms with Crippen LogP contribution in [0.5, 0.6) is 0 Å². The first kappa shape index (κ1) is 13.2. The van der Waals surface area contributed by atoms with E-state index >= 15 is 0 Å². The molecule has 0 unspecified atom stereocenters. The molecule has 0 radical (unpaired) electrons. The lowest BCUT2D eigenvalue weighted by molar-refractivity contribution is 0.552. The van der Waals surface area contributed by atoms with Crippen LogP contribution in [0.2, 0.25) is 0 Å². The number of benzene rings is 1. The van der Waals surface area contributed by atoms with Crippen LogP contribution in [-0.4, -0.2) is 20.2 Å². The molecule has 3 rings (SSSR count). The molecule has 104 valence electrons. The second-order valence-electron chi connectivity index (χ2n) is 5.87. The minimum absolute atomic E-state index is 0.0245. The predicted molar refractivity (Wildman–Crippen MR) is 84.5 cm³/mol. The average Bonchev–Trinajstić information content (AvgIpc) is 2.93. The number of nitrogens with one attached hydrogen (secondary N) is 2. The molecule has 5 nitrogen and oxygen atoms in total. The van der Waals surface area contributed by atoms with Gasteiger partial charge in [-0.15, -0.1) is 0 Å². The summed E-state index contributed by atoms with van der Waals surface area (Å²) in [6.07, 6.45) is 0. The third kappa shape index (κ3) is 2.10. The van der Waals surface area contributed by atoms with Gasteiger partial charge < -0.3 is 10.7 Å². The van der Waals surface area contributed by atoms with Crippen molar-refractivity contribution in [2.24, 2.45) is 0 Å². The molecule has 2 heterocycles. The monoisotopic (exact) mass is 333 g/mol. The van der Waals surface area contributed by atoms with Crippen LogP contribution in [0.15, 0.2) is 22.8 Å². The largest absolute Gasteiger partial charge is 0.382 e. The molecule has 0 spiro atoms. The zero-order valence-corrected chi connectivity index (χ0v) is 13.2. The van der Waals surface area contributed by atoms with Crippen LogP contribution in [0.3, 0.4) is 0 Å². The Morgan fingerprint density at radius 3 is 2.65 bits per heavy atom. The van der Waals surface area contributed by atoms with Gasteiger partial charge in [-0.25, -0.2) is 4.98 Å². The lowest BCUT2D eigenvalue weighted by Gasteiger charge is -2.13. The summed E-state index contributed by atoms with van der Waals surface area (Å²) in [6.45, 7) is 6.38. The van der Waals surface area contributed by atoms with E-state index in [9.17, 15) is 0 Å². The Morgan fingerprint density at radius 2 is 2.00 bits per heavy atom. The molecule has 0 saturated carbocycles. The maximum atomic E-state index is 5.78. The summed E-state index contributed by atoms with van der Waals surface area (Å²) in [6, 6.07) is 5.97. The minimum Gasteiger partial charge on any atom is -0.382 e. The van der Waals surface area contributed by atoms with E-state index in [2.05, 4.69) is 51.9 Å². The number of aromatic amines is 2. The van der Waals surface area contributed by atoms with E-state index in [1.807, 2.05) is 18.2 Å². The van der Waals surface area contributed by atoms with E-state index < -0.39 is 0 Å². The molecule has 0 fully saturated rings. The summed E-state index contributed by atoms with van der Waals surface area (Å²) in [7, 11) is 0. The number of fused-ring (bicyclic) bond motifs is 1. The second kappa shape index (κ2) is 4.34. The molecule has 1 aromatic carbocycles. The first-order valence-electron chi connectivity index (χ1n) is 6.36. The average molecular weight is 334 g/mol. The zero-order chi connectivity index (χ0) is 14.5. The van der Waals surface area contributed by atoms with Crippen molar-refractivity contribution in [3.05, 3.63) is 28.6 Å². The lowest BCUT2D eigenvalue weighted by Crippen LogP contribution is -2.13. The summed E-state index contributed by atoms with van der Waals surface area (Å²) < 4.78 is 0.884. The summed E-state index contributed by atoms with van der Waals surface area (Å²) in [5.74, 6) is 1.46. The number of nitrogens with two attached hydrogens (primary N) is 1. The van der Waals surface area contributed by atoms with Crippen LogP contribution in [0, 0.1) is 0 Å². The van der Waals surface area contributed by atoms with E-state index in [1.165, 1.54) is 0 Å². The van der Waals surface area contributed by atoms with Crippen molar-refractivity contribution in [1.29, 1.82) is 0 Å². The van der Waals surface area contributed by atoms with Gasteiger partial charge in [0, 0.05) is 16.4 Å². The Kier molecular flexibility index (Phi) is 2.86. The predicted octanol–water partition coefficient (Wildman–Crippen LogP) is 3.60. The Hall–Kier alpha value is -1.82. The van der Waals surface area contributed by atoms with Gasteiger partial charge in [-0.2, -0.15) is 5.10 Å². The van der Waals surface area contributed by atoms with Crippen molar-refractivity contribution in [1.82, 2.24) is 20.2 Å². The van der Waals surface area contributed by atoms with Gasteiger partial charge in [-0.3, -0.25) is 5.10 Å². The Bertz CT molecular complexity index is 779. The standard InChI is InChI=1S/C14H16BrN5/c1-14(2,3)13-17-10(11(15)18-13)7-4-5-8-9(6-7)19-20-12(8)16/h4-6H,1-3H3,(H,17,18)(H3,16,19,20). The molecule has 0 bridgehead atoms. The third-order valence-corrected chi connectivity index (χ3v) is 3.81. The molecule has 6 heteroatoms. The van der Waals surface area contributed by atoms with Crippen molar-refractivity contribution in [3.8, 4) is 11.3 Å². The molecule has 0 amide bonds. The van der Waals surface area contributed by atoms with Gasteiger partial charge in [-0.1, -0.05) is 26.8 Å². The first-order chi connectivity index (χ1) is 9.36. The fourth-order valence-corrected chi connectivity index (χ4v) is 2.59. The molecule has 2 aromatic heterocycles. The highest BCUT2D eigenvalue weighted by atomic mass is 79.9. The Morgan fingerprint density at radius 1 is 1.25 bits per heavy atom. The normalized spacial score (nSPS) is 12.2. The number of hydrogen-bond donors (Lipinski definition) is 3. The molecule has 0 saturated heterocycles. The van der Waals surface area contributed by atoms with Gasteiger partial charge in [0.15, 0.2) is 5.82 Å². The molecule has 0 aliphatic carbocycles. The number of anilines is 1. The maximum Gasteiger partial charge on any atom is 0.153 e. The van der Waals surface area contributed by atoms with E-state index in [0.29, 0.717) is 5.82 Å². The number of nitrogen functional groups attached to an aromatic ring is 1. The number of rotatable bonds is 1. The van der Waals surface area contributed by atoms with Crippen LogP contribution in [0.25, 0.3) is 22.2 Å². The Labute approximate surface area is 125 Å². The van der Waals surface area contributed by atoms with Gasteiger partial charge >= 0.3 is 0 Å². The number of nitrogens with zero attached hydrogens (tertiary/aromatic N) is 2. The molecule has 3 aromatic rings. The fraction of sp³-hybridized carbons (Fsp3) is 0.286. The molecule has 4 N–H and O–H groups in total. The number of H-pyrrole nitrogens is 2. The molecule has 0 aliphatic heterocycles. The van der Waals surface area contributed by atoms with Gasteiger partial charge in [-0.05, 0) is 28.1 Å². The maximum absolute atomic E-state index is 5.78. The topological polar surface area (TPSA) is 83.4 Å². The third-order valence-electron chi connectivity index (χ3n) is 3.24. The number of halogens is 1. The van der Waals surface area contributed by atoms with Gasteiger partial charge in [0.2, 0.25) is 0 Å². The SMILES string of the molecule is CC(C)(C)c1nc(-c2ccc3c(N)n[nH]c3c2)c(Br)[nH]1. The summed E-state index contributed by atoms with van der Waals surface area (Å²) in [4.78, 5) is 7.99. The van der Waals surface area contributed by atoms with Crippen molar-refractivity contribution in [2.45, 2.75) is 26.2 Å². The van der Waals surface area contributed by atoms with Gasteiger partial charge in [0.25, 0.3) is 0 Å². The molecule has 0 atom stereocenters. The van der Waals surface area contributed by atoms with Crippen molar-refractivity contribution >= 4 is 32.7 Å². The van der Waals surface area contributed by atoms with Crippen molar-refractivity contribution < 1.29 is 0 Å². The smallest absolute Gasteiger partial charge is 0.153 e. The van der Waals surface area contributed by atoms with Crippen LogP contribution >= 0.6 is 15.9 Å². The van der Waals surface area contributed by atoms with Crippen molar-refractivity contribution in [3.63, 3.8) is 0 Å². The summed E-state index contributed by atoms with van der Waals surface area (Å²) in [5, 5.41) is 7.86. The van der Waals surface area contributed by atoms with Crippen molar-refractivity contribution in [2.75, 3.05) is 5.73 Å². The van der Waals surface area contributed by atoms with E-state index in [4.69, 9.17) is 10.7 Å². The van der Waals surface area contributed by atoms with Gasteiger partial charge in [0.05, 0.1) is 5.52 Å². The fourth-order valence-electron chi connectivity index (χ4n) is 2.09. The highest BCUT2D eigenvalue weighted by Crippen LogP contribution is 2.32. The van der Waals surface area contributed by atoms with Crippen LogP contribution in [-0.2, 0) is 5.41 Å². The summed E-state index contributed by atoms with van der Waals surface area (Å²) >= 11 is 3.55. The highest BCUT2D eigenvalue weighted by molar-refractivity contribution is 9.10.